The summed E-state index contributed by atoms with van der Waals surface area (Å²) in [5, 5.41) is 0. The Kier molecular flexibility index (Phi) is 5.62. The number of nitrogens with two attached hydrogens (primary N) is 2. The highest BCUT2D eigenvalue weighted by Crippen LogP contribution is 2.15. The van der Waals surface area contributed by atoms with Crippen LogP contribution in [0.1, 0.15) is 30.9 Å². The van der Waals surface area contributed by atoms with E-state index in [2.05, 4.69) is 50.1 Å². The van der Waals surface area contributed by atoms with E-state index in [1.807, 2.05) is 0 Å². The first-order valence-electron chi connectivity index (χ1n) is 6.26. The Morgan fingerprint density at radius 2 is 1.76 bits per heavy atom. The lowest BCUT2D eigenvalue weighted by molar-refractivity contribution is 0.305. The van der Waals surface area contributed by atoms with E-state index in [-0.39, 0.29) is 6.04 Å². The fourth-order valence-corrected chi connectivity index (χ4v) is 1.86. The molecular formula is C14H25N3. The summed E-state index contributed by atoms with van der Waals surface area (Å²) in [6, 6.07) is 8.86. The van der Waals surface area contributed by atoms with Crippen LogP contribution in [-0.4, -0.2) is 31.1 Å². The summed E-state index contributed by atoms with van der Waals surface area (Å²) in [5.41, 5.74) is 14.0. The molecule has 0 bridgehead atoms. The van der Waals surface area contributed by atoms with E-state index in [0.717, 1.165) is 13.1 Å². The van der Waals surface area contributed by atoms with Crippen LogP contribution < -0.4 is 11.5 Å². The maximum Gasteiger partial charge on any atom is 0.0292 e. The molecule has 1 aromatic carbocycles. The van der Waals surface area contributed by atoms with Crippen LogP contribution in [0.4, 0.5) is 0 Å². The van der Waals surface area contributed by atoms with Crippen molar-refractivity contribution in [3.8, 4) is 0 Å². The molecular weight excluding hydrogens is 210 g/mol. The van der Waals surface area contributed by atoms with Gasteiger partial charge >= 0.3 is 0 Å². The molecule has 17 heavy (non-hydrogen) atoms. The van der Waals surface area contributed by atoms with Crippen LogP contribution >= 0.6 is 0 Å². The molecule has 0 fully saturated rings. The highest BCUT2D eigenvalue weighted by atomic mass is 15.1. The van der Waals surface area contributed by atoms with Gasteiger partial charge in [-0.15, -0.1) is 0 Å². The van der Waals surface area contributed by atoms with E-state index >= 15 is 0 Å². The Morgan fingerprint density at radius 1 is 1.18 bits per heavy atom. The molecule has 0 spiro atoms. The Morgan fingerprint density at radius 3 is 2.24 bits per heavy atom. The molecule has 1 unspecified atom stereocenters. The Balaban J connectivity index is 2.51. The van der Waals surface area contributed by atoms with Crippen LogP contribution in [0.15, 0.2) is 24.3 Å². The lowest BCUT2D eigenvalue weighted by atomic mass is 10.0. The van der Waals surface area contributed by atoms with E-state index in [9.17, 15) is 0 Å². The minimum atomic E-state index is 0.0648. The molecule has 1 rings (SSSR count). The van der Waals surface area contributed by atoms with Crippen molar-refractivity contribution in [3.63, 3.8) is 0 Å². The molecule has 3 heteroatoms. The van der Waals surface area contributed by atoms with Gasteiger partial charge in [-0.25, -0.2) is 0 Å². The van der Waals surface area contributed by atoms with Crippen LogP contribution in [0.5, 0.6) is 0 Å². The van der Waals surface area contributed by atoms with Crippen LogP contribution in [-0.2, 0) is 6.54 Å². The van der Waals surface area contributed by atoms with Crippen LogP contribution in [0.25, 0.3) is 0 Å². The Bertz CT molecular complexity index is 319. The number of hydrogen-bond donors (Lipinski definition) is 2. The third-order valence-corrected chi connectivity index (χ3v) is 2.95. The van der Waals surface area contributed by atoms with E-state index in [1.54, 1.807) is 0 Å². The summed E-state index contributed by atoms with van der Waals surface area (Å²) in [4.78, 5) is 2.21. The SMILES string of the molecule is CC(C)c1ccc(CN(C)CC(N)CN)cc1. The first-order chi connectivity index (χ1) is 8.02. The summed E-state index contributed by atoms with van der Waals surface area (Å²) in [6.45, 7) is 6.72. The average molecular weight is 235 g/mol. The lowest BCUT2D eigenvalue weighted by Gasteiger charge is -2.20. The quantitative estimate of drug-likeness (QED) is 0.786. The number of benzene rings is 1. The molecule has 0 radical (unpaired) electrons. The van der Waals surface area contributed by atoms with Crippen LogP contribution in [0.2, 0.25) is 0 Å². The molecule has 4 N–H and O–H groups in total. The van der Waals surface area contributed by atoms with Gasteiger partial charge in [-0.3, -0.25) is 0 Å². The van der Waals surface area contributed by atoms with Crippen LogP contribution in [0, 0.1) is 0 Å². The van der Waals surface area contributed by atoms with Crippen LogP contribution in [0.3, 0.4) is 0 Å². The Hall–Kier alpha value is -0.900. The smallest absolute Gasteiger partial charge is 0.0292 e. The van der Waals surface area contributed by atoms with E-state index in [4.69, 9.17) is 11.5 Å². The minimum absolute atomic E-state index is 0.0648. The van der Waals surface area contributed by atoms with Crippen molar-refractivity contribution >= 4 is 0 Å². The highest BCUT2D eigenvalue weighted by molar-refractivity contribution is 5.24. The van der Waals surface area contributed by atoms with Crippen molar-refractivity contribution in [2.45, 2.75) is 32.4 Å². The average Bonchev–Trinajstić information content (AvgIpc) is 2.29. The minimum Gasteiger partial charge on any atom is -0.329 e. The second-order valence-corrected chi connectivity index (χ2v) is 5.09. The standard InChI is InChI=1S/C14H25N3/c1-11(2)13-6-4-12(5-7-13)9-17(3)10-14(16)8-15/h4-7,11,14H,8-10,15-16H2,1-3H3. The van der Waals surface area contributed by atoms with Gasteiger partial charge < -0.3 is 16.4 Å². The molecule has 0 saturated carbocycles. The van der Waals surface area contributed by atoms with Gasteiger partial charge in [0, 0.05) is 25.7 Å². The van der Waals surface area contributed by atoms with Gasteiger partial charge in [0.2, 0.25) is 0 Å². The van der Waals surface area contributed by atoms with Crippen molar-refractivity contribution in [3.05, 3.63) is 35.4 Å². The maximum absolute atomic E-state index is 5.82. The predicted molar refractivity (Wildman–Crippen MR) is 73.9 cm³/mol. The maximum atomic E-state index is 5.82. The van der Waals surface area contributed by atoms with Crippen molar-refractivity contribution in [1.29, 1.82) is 0 Å². The lowest BCUT2D eigenvalue weighted by Crippen LogP contribution is -2.40. The number of rotatable bonds is 6. The van der Waals surface area contributed by atoms with Gasteiger partial charge in [-0.1, -0.05) is 38.1 Å². The molecule has 0 amide bonds. The molecule has 96 valence electrons. The topological polar surface area (TPSA) is 55.3 Å². The third kappa shape index (κ3) is 4.86. The zero-order chi connectivity index (χ0) is 12.8. The summed E-state index contributed by atoms with van der Waals surface area (Å²) < 4.78 is 0. The molecule has 0 aliphatic heterocycles. The van der Waals surface area contributed by atoms with Crippen molar-refractivity contribution in [1.82, 2.24) is 4.90 Å². The van der Waals surface area contributed by atoms with Gasteiger partial charge in [0.15, 0.2) is 0 Å². The second-order valence-electron chi connectivity index (χ2n) is 5.09. The third-order valence-electron chi connectivity index (χ3n) is 2.95. The summed E-state index contributed by atoms with van der Waals surface area (Å²) >= 11 is 0. The van der Waals surface area contributed by atoms with Gasteiger partial charge in [-0.05, 0) is 24.1 Å². The highest BCUT2D eigenvalue weighted by Gasteiger charge is 2.06. The number of likely N-dealkylation sites (N-methyl/N-ethyl adjacent to an activating group) is 1. The largest absolute Gasteiger partial charge is 0.329 e. The molecule has 0 saturated heterocycles. The Labute approximate surface area is 105 Å². The monoisotopic (exact) mass is 235 g/mol. The number of hydrogen-bond acceptors (Lipinski definition) is 3. The molecule has 1 atom stereocenters. The second kappa shape index (κ2) is 6.74. The van der Waals surface area contributed by atoms with Gasteiger partial charge in [0.1, 0.15) is 0 Å². The normalized spacial score (nSPS) is 13.4. The summed E-state index contributed by atoms with van der Waals surface area (Å²) in [7, 11) is 2.08. The van der Waals surface area contributed by atoms with Gasteiger partial charge in [-0.2, -0.15) is 0 Å². The number of nitrogens with zero attached hydrogens (tertiary/aromatic N) is 1. The van der Waals surface area contributed by atoms with Gasteiger partial charge in [0.05, 0.1) is 0 Å². The first kappa shape index (κ1) is 14.2. The summed E-state index contributed by atoms with van der Waals surface area (Å²) in [5.74, 6) is 0.590. The molecule has 1 aromatic rings. The van der Waals surface area contributed by atoms with Crippen molar-refractivity contribution < 1.29 is 0 Å². The fraction of sp³-hybridized carbons (Fsp3) is 0.571. The molecule has 0 heterocycles. The van der Waals surface area contributed by atoms with E-state index < -0.39 is 0 Å². The zero-order valence-electron chi connectivity index (χ0n) is 11.2. The van der Waals surface area contributed by atoms with E-state index in [0.29, 0.717) is 12.5 Å². The predicted octanol–water partition coefficient (Wildman–Crippen LogP) is 1.53. The zero-order valence-corrected chi connectivity index (χ0v) is 11.2. The molecule has 0 aliphatic rings. The molecule has 0 aliphatic carbocycles. The molecule has 3 nitrogen and oxygen atoms in total. The molecule has 0 aromatic heterocycles. The van der Waals surface area contributed by atoms with Crippen molar-refractivity contribution in [2.75, 3.05) is 20.1 Å². The van der Waals surface area contributed by atoms with Gasteiger partial charge in [0.25, 0.3) is 0 Å². The summed E-state index contributed by atoms with van der Waals surface area (Å²) in [6.07, 6.45) is 0. The fourth-order valence-electron chi connectivity index (χ4n) is 1.86. The van der Waals surface area contributed by atoms with Crippen molar-refractivity contribution in [2.24, 2.45) is 11.5 Å². The van der Waals surface area contributed by atoms with E-state index in [1.165, 1.54) is 11.1 Å². The first-order valence-corrected chi connectivity index (χ1v) is 6.26.